The van der Waals surface area contributed by atoms with E-state index in [1.54, 1.807) is 13.3 Å². The summed E-state index contributed by atoms with van der Waals surface area (Å²) in [6.07, 6.45) is 8.38. The second-order valence-corrected chi connectivity index (χ2v) is 11.6. The fourth-order valence-corrected chi connectivity index (χ4v) is 5.82. The highest BCUT2D eigenvalue weighted by molar-refractivity contribution is 7.88. The van der Waals surface area contributed by atoms with Crippen molar-refractivity contribution in [2.45, 2.75) is 50.6 Å². The van der Waals surface area contributed by atoms with Gasteiger partial charge in [0.2, 0.25) is 16.0 Å². The van der Waals surface area contributed by atoms with Crippen LogP contribution in [0.2, 0.25) is 5.02 Å². The van der Waals surface area contributed by atoms with Crippen LogP contribution in [0.25, 0.3) is 0 Å². The minimum absolute atomic E-state index is 0.0905. The fourth-order valence-electron chi connectivity index (χ4n) is 4.85. The molecule has 3 N–H and O–H groups in total. The van der Waals surface area contributed by atoms with Gasteiger partial charge in [0.05, 0.1) is 19.1 Å². The Morgan fingerprint density at radius 1 is 1.14 bits per heavy atom. The predicted octanol–water partition coefficient (Wildman–Crippen LogP) is 3.19. The molecule has 1 aliphatic carbocycles. The lowest BCUT2D eigenvalue weighted by Gasteiger charge is -2.32. The van der Waals surface area contributed by atoms with Crippen LogP contribution in [-0.4, -0.2) is 75.0 Å². The van der Waals surface area contributed by atoms with Crippen molar-refractivity contribution in [1.29, 1.82) is 0 Å². The van der Waals surface area contributed by atoms with Crippen LogP contribution < -0.4 is 15.4 Å². The zero-order valence-corrected chi connectivity index (χ0v) is 22.0. The zero-order valence-electron chi connectivity index (χ0n) is 20.4. The van der Waals surface area contributed by atoms with Gasteiger partial charge >= 0.3 is 0 Å². The van der Waals surface area contributed by atoms with E-state index in [0.29, 0.717) is 16.8 Å². The summed E-state index contributed by atoms with van der Waals surface area (Å²) in [5.41, 5.74) is 3.63. The van der Waals surface area contributed by atoms with Crippen LogP contribution in [0.15, 0.2) is 24.4 Å². The van der Waals surface area contributed by atoms with Gasteiger partial charge in [0, 0.05) is 44.5 Å². The van der Waals surface area contributed by atoms with E-state index in [4.69, 9.17) is 16.3 Å². The lowest BCUT2D eigenvalue weighted by atomic mass is 9.91. The molecule has 0 unspecified atom stereocenters. The maximum Gasteiger partial charge on any atom is 0.229 e. The van der Waals surface area contributed by atoms with E-state index >= 15 is 0 Å². The molecule has 35 heavy (non-hydrogen) atoms. The summed E-state index contributed by atoms with van der Waals surface area (Å²) in [6, 6.07) is 6.12. The topological polar surface area (TPSA) is 108 Å². The van der Waals surface area contributed by atoms with E-state index in [1.165, 1.54) is 17.4 Å². The number of methoxy groups -OCH3 is 1. The quantitative estimate of drug-likeness (QED) is 0.461. The first kappa shape index (κ1) is 26.1. The third-order valence-electron chi connectivity index (χ3n) is 6.67. The number of benzene rings is 1. The second-order valence-electron chi connectivity index (χ2n) is 9.36. The molecule has 1 saturated carbocycles. The van der Waals surface area contributed by atoms with Gasteiger partial charge in [0.1, 0.15) is 5.02 Å². The van der Waals surface area contributed by atoms with Gasteiger partial charge < -0.3 is 20.3 Å². The normalized spacial score (nSPS) is 21.2. The number of anilines is 3. The molecule has 1 aromatic carbocycles. The zero-order chi connectivity index (χ0) is 24.8. The van der Waals surface area contributed by atoms with Crippen LogP contribution in [0.1, 0.15) is 36.8 Å². The van der Waals surface area contributed by atoms with E-state index in [1.807, 2.05) is 0 Å². The number of sulfonamides is 1. The first-order chi connectivity index (χ1) is 16.8. The second kappa shape index (κ2) is 11.8. The SMILES string of the molecule is COCCN1CCc2ccc(Nc3ncc(Cl)c(N[C@@H]4CCCC[C@H]4NS(C)(=O)=O)n3)cc2CC1. The number of hydrogen-bond acceptors (Lipinski definition) is 8. The highest BCUT2D eigenvalue weighted by Crippen LogP contribution is 2.28. The van der Waals surface area contributed by atoms with Gasteiger partial charge in [0.25, 0.3) is 0 Å². The number of nitrogens with one attached hydrogen (secondary N) is 3. The Morgan fingerprint density at radius 2 is 1.89 bits per heavy atom. The lowest BCUT2D eigenvalue weighted by Crippen LogP contribution is -2.48. The van der Waals surface area contributed by atoms with E-state index in [0.717, 1.165) is 70.5 Å². The highest BCUT2D eigenvalue weighted by atomic mass is 35.5. The molecule has 0 spiro atoms. The third-order valence-corrected chi connectivity index (χ3v) is 7.67. The van der Waals surface area contributed by atoms with Crippen LogP contribution in [0.3, 0.4) is 0 Å². The fraction of sp³-hybridized carbons (Fsp3) is 0.583. The predicted molar refractivity (Wildman–Crippen MR) is 140 cm³/mol. The van der Waals surface area contributed by atoms with Crippen molar-refractivity contribution in [3.05, 3.63) is 40.5 Å². The van der Waals surface area contributed by atoms with Gasteiger partial charge in [-0.25, -0.2) is 18.1 Å². The molecule has 1 aromatic heterocycles. The monoisotopic (exact) mass is 522 g/mol. The molecule has 2 atom stereocenters. The molecule has 0 radical (unpaired) electrons. The summed E-state index contributed by atoms with van der Waals surface area (Å²) < 4.78 is 31.6. The average molecular weight is 523 g/mol. The largest absolute Gasteiger partial charge is 0.383 e. The summed E-state index contributed by atoms with van der Waals surface area (Å²) >= 11 is 6.39. The minimum Gasteiger partial charge on any atom is -0.383 e. The van der Waals surface area contributed by atoms with Gasteiger partial charge in [-0.05, 0) is 48.9 Å². The molecule has 0 saturated heterocycles. The molecule has 0 amide bonds. The molecular weight excluding hydrogens is 488 g/mol. The molecule has 2 aromatic rings. The van der Waals surface area contributed by atoms with E-state index in [2.05, 4.69) is 48.4 Å². The molecule has 2 aliphatic rings. The molecular formula is C24H35ClN6O3S. The minimum atomic E-state index is -3.30. The molecule has 9 nitrogen and oxygen atoms in total. The maximum atomic E-state index is 11.8. The molecule has 4 rings (SSSR count). The van der Waals surface area contributed by atoms with Crippen LogP contribution >= 0.6 is 11.6 Å². The maximum absolute atomic E-state index is 11.8. The van der Waals surface area contributed by atoms with Crippen LogP contribution in [0.5, 0.6) is 0 Å². The Balaban J connectivity index is 1.44. The Bertz CT molecular complexity index is 1120. The summed E-state index contributed by atoms with van der Waals surface area (Å²) in [6.45, 7) is 3.75. The van der Waals surface area contributed by atoms with E-state index in [9.17, 15) is 8.42 Å². The molecule has 1 fully saturated rings. The van der Waals surface area contributed by atoms with Crippen LogP contribution in [0, 0.1) is 0 Å². The van der Waals surface area contributed by atoms with Gasteiger partial charge in [-0.2, -0.15) is 4.98 Å². The molecule has 0 bridgehead atoms. The number of ether oxygens (including phenoxy) is 1. The lowest BCUT2D eigenvalue weighted by molar-refractivity contribution is 0.150. The number of aromatic nitrogens is 2. The summed E-state index contributed by atoms with van der Waals surface area (Å²) in [4.78, 5) is 11.4. The number of rotatable bonds is 9. The van der Waals surface area contributed by atoms with E-state index in [-0.39, 0.29) is 12.1 Å². The molecule has 192 valence electrons. The first-order valence-electron chi connectivity index (χ1n) is 12.2. The van der Waals surface area contributed by atoms with Gasteiger partial charge in [-0.15, -0.1) is 0 Å². The number of fused-ring (bicyclic) bond motifs is 1. The van der Waals surface area contributed by atoms with Crippen molar-refractivity contribution in [1.82, 2.24) is 19.6 Å². The number of halogens is 1. The van der Waals surface area contributed by atoms with Crippen molar-refractivity contribution < 1.29 is 13.2 Å². The number of nitrogens with zero attached hydrogens (tertiary/aromatic N) is 3. The smallest absolute Gasteiger partial charge is 0.229 e. The number of hydrogen-bond donors (Lipinski definition) is 3. The first-order valence-corrected chi connectivity index (χ1v) is 14.4. The summed E-state index contributed by atoms with van der Waals surface area (Å²) in [7, 11) is -1.56. The summed E-state index contributed by atoms with van der Waals surface area (Å²) in [5.74, 6) is 0.940. The van der Waals surface area contributed by atoms with Gasteiger partial charge in [-0.3, -0.25) is 0 Å². The van der Waals surface area contributed by atoms with Crippen LogP contribution in [0.4, 0.5) is 17.5 Å². The molecule has 2 heterocycles. The van der Waals surface area contributed by atoms with Gasteiger partial charge in [0.15, 0.2) is 5.82 Å². The Hall–Kier alpha value is -1.98. The Kier molecular flexibility index (Phi) is 8.82. The Morgan fingerprint density at radius 3 is 2.63 bits per heavy atom. The van der Waals surface area contributed by atoms with Gasteiger partial charge in [-0.1, -0.05) is 30.5 Å². The van der Waals surface area contributed by atoms with Crippen molar-refractivity contribution in [3.8, 4) is 0 Å². The van der Waals surface area contributed by atoms with Crippen molar-refractivity contribution in [2.24, 2.45) is 0 Å². The van der Waals surface area contributed by atoms with Crippen molar-refractivity contribution in [3.63, 3.8) is 0 Å². The van der Waals surface area contributed by atoms with E-state index < -0.39 is 10.0 Å². The van der Waals surface area contributed by atoms with Crippen molar-refractivity contribution in [2.75, 3.05) is 50.2 Å². The average Bonchev–Trinajstić information content (AvgIpc) is 3.02. The molecule has 11 heteroatoms. The molecule has 1 aliphatic heterocycles. The Labute approximate surface area is 213 Å². The summed E-state index contributed by atoms with van der Waals surface area (Å²) in [5, 5.41) is 7.07. The van der Waals surface area contributed by atoms with Crippen molar-refractivity contribution >= 4 is 39.1 Å². The highest BCUT2D eigenvalue weighted by Gasteiger charge is 2.28. The van der Waals surface area contributed by atoms with Crippen LogP contribution in [-0.2, 0) is 27.6 Å². The standard InChI is InChI=1S/C24H35ClN6O3S/c1-34-14-13-31-11-9-17-7-8-19(15-18(17)10-12-31)27-24-26-16-20(25)23(29-24)28-21-5-3-4-6-22(21)30-35(2,32)33/h7-8,15-16,21-22,30H,3-6,9-14H2,1-2H3,(H2,26,27,28,29)/t21-,22-/m1/s1. The third kappa shape index (κ3) is 7.50.